The molecule has 0 spiro atoms. The fourth-order valence-corrected chi connectivity index (χ4v) is 5.34. The second-order valence-electron chi connectivity index (χ2n) is 9.24. The summed E-state index contributed by atoms with van der Waals surface area (Å²) in [6.45, 7) is 2.11. The molecule has 32 heavy (non-hydrogen) atoms. The van der Waals surface area contributed by atoms with Crippen molar-refractivity contribution in [1.29, 1.82) is 0 Å². The number of pyridine rings is 1. The highest BCUT2D eigenvalue weighted by Crippen LogP contribution is 2.41. The average Bonchev–Trinajstić information content (AvgIpc) is 3.46. The molecule has 0 radical (unpaired) electrons. The molecular formula is C30H27NO. The van der Waals surface area contributed by atoms with Crippen molar-refractivity contribution >= 4 is 21.9 Å². The minimum Gasteiger partial charge on any atom is -0.455 e. The Labute approximate surface area is 188 Å². The molecule has 1 fully saturated rings. The quantitative estimate of drug-likeness (QED) is 0.294. The number of aryl methyl sites for hydroxylation is 1. The van der Waals surface area contributed by atoms with Crippen LogP contribution in [0.3, 0.4) is 0 Å². The monoisotopic (exact) mass is 417 g/mol. The highest BCUT2D eigenvalue weighted by Gasteiger charge is 2.19. The molecule has 0 amide bonds. The van der Waals surface area contributed by atoms with Crippen LogP contribution in [0.15, 0.2) is 83.4 Å². The summed E-state index contributed by atoms with van der Waals surface area (Å²) in [4.78, 5) is 4.76. The van der Waals surface area contributed by atoms with Crippen LogP contribution in [0.1, 0.15) is 36.8 Å². The van der Waals surface area contributed by atoms with E-state index in [9.17, 15) is 0 Å². The maximum Gasteiger partial charge on any atom is 0.145 e. The first-order valence-corrected chi connectivity index (χ1v) is 11.7. The third-order valence-electron chi connectivity index (χ3n) is 6.96. The van der Waals surface area contributed by atoms with Crippen molar-refractivity contribution in [2.75, 3.05) is 0 Å². The van der Waals surface area contributed by atoms with Crippen LogP contribution in [-0.4, -0.2) is 4.98 Å². The summed E-state index contributed by atoms with van der Waals surface area (Å²) in [5.74, 6) is 0.819. The van der Waals surface area contributed by atoms with E-state index >= 15 is 0 Å². The summed E-state index contributed by atoms with van der Waals surface area (Å²) >= 11 is 0. The van der Waals surface area contributed by atoms with Crippen LogP contribution >= 0.6 is 0 Å². The fourth-order valence-electron chi connectivity index (χ4n) is 5.34. The first-order chi connectivity index (χ1) is 15.8. The molecule has 1 aliphatic carbocycles. The molecule has 0 unspecified atom stereocenters. The van der Waals surface area contributed by atoms with E-state index in [0.717, 1.165) is 40.1 Å². The number of aromatic nitrogens is 1. The number of fused-ring (bicyclic) bond motifs is 3. The van der Waals surface area contributed by atoms with Gasteiger partial charge in [-0.15, -0.1) is 0 Å². The van der Waals surface area contributed by atoms with Crippen molar-refractivity contribution < 1.29 is 4.42 Å². The average molecular weight is 418 g/mol. The molecule has 0 aliphatic heterocycles. The molecule has 1 saturated carbocycles. The second kappa shape index (κ2) is 7.94. The molecule has 2 heteroatoms. The summed E-state index contributed by atoms with van der Waals surface area (Å²) in [5.41, 5.74) is 8.93. The van der Waals surface area contributed by atoms with Crippen LogP contribution in [0.2, 0.25) is 0 Å². The van der Waals surface area contributed by atoms with E-state index in [0.29, 0.717) is 0 Å². The lowest BCUT2D eigenvalue weighted by atomic mass is 9.94. The number of hydrogen-bond donors (Lipinski definition) is 0. The van der Waals surface area contributed by atoms with Gasteiger partial charge in [-0.25, -0.2) is 0 Å². The SMILES string of the molecule is Cc1ccc2c(c1)oc1c(-c3cc(CC4CCCC4)ccn3)ccc(-c3ccccc3)c12. The maximum absolute atomic E-state index is 6.51. The predicted molar refractivity (Wildman–Crippen MR) is 133 cm³/mol. The van der Waals surface area contributed by atoms with Crippen LogP contribution in [0, 0.1) is 12.8 Å². The predicted octanol–water partition coefficient (Wildman–Crippen LogP) is 8.36. The number of benzene rings is 3. The first kappa shape index (κ1) is 19.3. The highest BCUT2D eigenvalue weighted by atomic mass is 16.3. The molecule has 158 valence electrons. The first-order valence-electron chi connectivity index (χ1n) is 11.7. The molecule has 2 heterocycles. The Morgan fingerprint density at radius 2 is 1.69 bits per heavy atom. The number of hydrogen-bond acceptors (Lipinski definition) is 2. The molecule has 2 aromatic heterocycles. The van der Waals surface area contributed by atoms with Crippen molar-refractivity contribution in [3.05, 3.63) is 90.1 Å². The van der Waals surface area contributed by atoms with E-state index in [4.69, 9.17) is 9.40 Å². The lowest BCUT2D eigenvalue weighted by molar-refractivity contribution is 0.546. The summed E-state index contributed by atoms with van der Waals surface area (Å²) in [6.07, 6.45) is 8.59. The molecular weight excluding hydrogens is 390 g/mol. The minimum atomic E-state index is 0.819. The van der Waals surface area contributed by atoms with Crippen LogP contribution in [0.4, 0.5) is 0 Å². The van der Waals surface area contributed by atoms with Crippen molar-refractivity contribution in [2.45, 2.75) is 39.0 Å². The Morgan fingerprint density at radius 1 is 0.875 bits per heavy atom. The van der Waals surface area contributed by atoms with Gasteiger partial charge in [0.05, 0.1) is 5.69 Å². The Kier molecular flexibility index (Phi) is 4.79. The normalized spacial score (nSPS) is 14.5. The molecule has 2 nitrogen and oxygen atoms in total. The van der Waals surface area contributed by atoms with E-state index in [2.05, 4.69) is 79.7 Å². The van der Waals surface area contributed by atoms with E-state index in [1.165, 1.54) is 53.3 Å². The van der Waals surface area contributed by atoms with Crippen molar-refractivity contribution in [3.63, 3.8) is 0 Å². The van der Waals surface area contributed by atoms with E-state index in [-0.39, 0.29) is 0 Å². The summed E-state index contributed by atoms with van der Waals surface area (Å²) in [7, 11) is 0. The fraction of sp³-hybridized carbons (Fsp3) is 0.233. The van der Waals surface area contributed by atoms with Crippen LogP contribution in [0.25, 0.3) is 44.3 Å². The number of rotatable bonds is 4. The Balaban J connectivity index is 1.55. The van der Waals surface area contributed by atoms with Crippen molar-refractivity contribution in [3.8, 4) is 22.4 Å². The Bertz CT molecular complexity index is 1410. The van der Waals surface area contributed by atoms with Crippen LogP contribution in [-0.2, 0) is 6.42 Å². The van der Waals surface area contributed by atoms with Gasteiger partial charge in [0.1, 0.15) is 11.2 Å². The molecule has 0 N–H and O–H groups in total. The Hall–Kier alpha value is -3.39. The highest BCUT2D eigenvalue weighted by molar-refractivity contribution is 6.16. The van der Waals surface area contributed by atoms with Gasteiger partial charge in [-0.05, 0) is 65.8 Å². The van der Waals surface area contributed by atoms with Crippen LogP contribution < -0.4 is 0 Å². The largest absolute Gasteiger partial charge is 0.455 e. The third kappa shape index (κ3) is 3.40. The summed E-state index contributed by atoms with van der Waals surface area (Å²) < 4.78 is 6.51. The number of furan rings is 1. The number of nitrogens with zero attached hydrogens (tertiary/aromatic N) is 1. The van der Waals surface area contributed by atoms with Gasteiger partial charge in [0.15, 0.2) is 0 Å². The standard InChI is InChI=1S/C30H27NO/c1-20-11-12-26-28(17-20)32-30-25(14-13-24(29(26)30)23-9-3-2-4-10-23)27-19-22(15-16-31-27)18-21-7-5-6-8-21/h2-4,9-17,19,21H,5-8,18H2,1H3. The zero-order chi connectivity index (χ0) is 21.5. The molecule has 0 atom stereocenters. The van der Waals surface area contributed by atoms with Gasteiger partial charge in [0.25, 0.3) is 0 Å². The lowest BCUT2D eigenvalue weighted by Crippen LogP contribution is -1.99. The van der Waals surface area contributed by atoms with Gasteiger partial charge < -0.3 is 4.42 Å². The van der Waals surface area contributed by atoms with Gasteiger partial charge in [-0.3, -0.25) is 4.98 Å². The smallest absolute Gasteiger partial charge is 0.145 e. The Morgan fingerprint density at radius 3 is 2.53 bits per heavy atom. The topological polar surface area (TPSA) is 26.0 Å². The van der Waals surface area contributed by atoms with Crippen molar-refractivity contribution in [2.24, 2.45) is 5.92 Å². The summed E-state index contributed by atoms with van der Waals surface area (Å²) in [5, 5.41) is 2.33. The van der Waals surface area contributed by atoms with Gasteiger partial charge in [0.2, 0.25) is 0 Å². The lowest BCUT2D eigenvalue weighted by Gasteiger charge is -2.11. The minimum absolute atomic E-state index is 0.819. The molecule has 1 aliphatic rings. The van der Waals surface area contributed by atoms with E-state index < -0.39 is 0 Å². The van der Waals surface area contributed by atoms with E-state index in [1.54, 1.807) is 0 Å². The second-order valence-corrected chi connectivity index (χ2v) is 9.24. The van der Waals surface area contributed by atoms with Gasteiger partial charge in [-0.2, -0.15) is 0 Å². The van der Waals surface area contributed by atoms with Crippen LogP contribution in [0.5, 0.6) is 0 Å². The zero-order valence-corrected chi connectivity index (χ0v) is 18.5. The third-order valence-corrected chi connectivity index (χ3v) is 6.96. The van der Waals surface area contributed by atoms with Gasteiger partial charge in [0, 0.05) is 22.5 Å². The molecule has 6 rings (SSSR count). The maximum atomic E-state index is 6.51. The van der Waals surface area contributed by atoms with E-state index in [1.807, 2.05) is 6.20 Å². The molecule has 5 aromatic rings. The zero-order valence-electron chi connectivity index (χ0n) is 18.5. The van der Waals surface area contributed by atoms with Gasteiger partial charge in [-0.1, -0.05) is 74.2 Å². The van der Waals surface area contributed by atoms with Gasteiger partial charge >= 0.3 is 0 Å². The molecule has 3 aromatic carbocycles. The summed E-state index contributed by atoms with van der Waals surface area (Å²) in [6, 6.07) is 25.9. The molecule has 0 bridgehead atoms. The molecule has 0 saturated heterocycles. The van der Waals surface area contributed by atoms with Crippen molar-refractivity contribution in [1.82, 2.24) is 4.98 Å².